The summed E-state index contributed by atoms with van der Waals surface area (Å²) < 4.78 is 0. The number of hydrogen-bond acceptors (Lipinski definition) is 5. The summed E-state index contributed by atoms with van der Waals surface area (Å²) in [6, 6.07) is 11.7. The average molecular weight is 336 g/mol. The minimum absolute atomic E-state index is 0.102. The second-order valence-electron chi connectivity index (χ2n) is 7.17. The van der Waals surface area contributed by atoms with Crippen molar-refractivity contribution in [3.63, 3.8) is 0 Å². The normalized spacial score (nSPS) is 13.3. The molecule has 0 fully saturated rings. The number of aromatic nitrogens is 3. The maximum Gasteiger partial charge on any atom is 0.196 e. The fraction of sp³-hybridized carbons (Fsp3) is 0.263. The van der Waals surface area contributed by atoms with Crippen molar-refractivity contribution in [1.82, 2.24) is 20.6 Å². The Labute approximate surface area is 146 Å². The van der Waals surface area contributed by atoms with Crippen LogP contribution in [0.25, 0.3) is 22.6 Å². The Balaban J connectivity index is 1.90. The molecule has 3 aromatic rings. The SMILES string of the molecule is Cc1cccc(-c2[nH]c(C(C)(C)C)nc2-c2ccc3c(c2)ONO3)n1. The van der Waals surface area contributed by atoms with Gasteiger partial charge >= 0.3 is 0 Å². The van der Waals surface area contributed by atoms with Gasteiger partial charge in [0.05, 0.1) is 17.1 Å². The minimum atomic E-state index is -0.102. The molecule has 6 heteroatoms. The lowest BCUT2D eigenvalue weighted by Gasteiger charge is -2.14. The lowest BCUT2D eigenvalue weighted by molar-refractivity contribution is 0.0260. The minimum Gasteiger partial charge on any atom is -0.370 e. The third kappa shape index (κ3) is 2.85. The number of pyridine rings is 1. The standard InChI is InChI=1S/C19H20N4O2/c1-11-6-5-7-13(20-11)17-16(21-18(22-17)19(2,3)4)12-8-9-14-15(10-12)25-23-24-14/h5-10,23H,1-4H3,(H,21,22). The largest absolute Gasteiger partial charge is 0.370 e. The van der Waals surface area contributed by atoms with Crippen molar-refractivity contribution in [3.8, 4) is 34.1 Å². The van der Waals surface area contributed by atoms with Crippen molar-refractivity contribution < 1.29 is 9.68 Å². The number of nitrogens with zero attached hydrogens (tertiary/aromatic N) is 2. The van der Waals surface area contributed by atoms with Crippen LogP contribution in [0, 0.1) is 6.92 Å². The molecule has 6 nitrogen and oxygen atoms in total. The van der Waals surface area contributed by atoms with Crippen LogP contribution in [0.4, 0.5) is 0 Å². The highest BCUT2D eigenvalue weighted by Crippen LogP contribution is 2.38. The number of imidazole rings is 1. The second-order valence-corrected chi connectivity index (χ2v) is 7.17. The van der Waals surface area contributed by atoms with Gasteiger partial charge in [-0.1, -0.05) is 26.8 Å². The van der Waals surface area contributed by atoms with Gasteiger partial charge in [0.25, 0.3) is 0 Å². The van der Waals surface area contributed by atoms with Crippen LogP contribution in [0.2, 0.25) is 0 Å². The van der Waals surface area contributed by atoms with Gasteiger partial charge in [0.2, 0.25) is 0 Å². The maximum atomic E-state index is 5.27. The summed E-state index contributed by atoms with van der Waals surface area (Å²) in [6.45, 7) is 8.38. The van der Waals surface area contributed by atoms with Gasteiger partial charge in [-0.15, -0.1) is 0 Å². The Hall–Kier alpha value is -2.86. The number of fused-ring (bicyclic) bond motifs is 1. The first-order valence-corrected chi connectivity index (χ1v) is 8.19. The highest BCUT2D eigenvalue weighted by atomic mass is 16.9. The molecule has 0 atom stereocenters. The van der Waals surface area contributed by atoms with E-state index in [0.29, 0.717) is 11.5 Å². The van der Waals surface area contributed by atoms with Crippen molar-refractivity contribution in [2.45, 2.75) is 33.1 Å². The molecule has 1 aromatic carbocycles. The summed E-state index contributed by atoms with van der Waals surface area (Å²) in [4.78, 5) is 23.4. The molecule has 0 saturated heterocycles. The number of aromatic amines is 1. The molecular weight excluding hydrogens is 316 g/mol. The van der Waals surface area contributed by atoms with E-state index in [4.69, 9.17) is 14.7 Å². The van der Waals surface area contributed by atoms with E-state index in [1.54, 1.807) is 0 Å². The predicted octanol–water partition coefficient (Wildman–Crippen LogP) is 3.94. The molecule has 0 spiro atoms. The first kappa shape index (κ1) is 15.7. The third-order valence-electron chi connectivity index (χ3n) is 4.08. The van der Waals surface area contributed by atoms with Crippen molar-refractivity contribution in [3.05, 3.63) is 47.9 Å². The highest BCUT2D eigenvalue weighted by molar-refractivity contribution is 5.78. The number of H-pyrrole nitrogens is 1. The van der Waals surface area contributed by atoms with Gasteiger partial charge in [0, 0.05) is 22.3 Å². The Kier molecular flexibility index (Phi) is 3.51. The van der Waals surface area contributed by atoms with Crippen LogP contribution >= 0.6 is 0 Å². The molecule has 1 aliphatic heterocycles. The lowest BCUT2D eigenvalue weighted by Crippen LogP contribution is -2.14. The zero-order valence-electron chi connectivity index (χ0n) is 14.7. The summed E-state index contributed by atoms with van der Waals surface area (Å²) in [6.07, 6.45) is 0. The van der Waals surface area contributed by atoms with Gasteiger partial charge < -0.3 is 14.7 Å². The Morgan fingerprint density at radius 2 is 1.76 bits per heavy atom. The summed E-state index contributed by atoms with van der Waals surface area (Å²) >= 11 is 0. The van der Waals surface area contributed by atoms with Crippen LogP contribution in [0.15, 0.2) is 36.4 Å². The number of hydrogen-bond donors (Lipinski definition) is 2. The Bertz CT molecular complexity index is 941. The summed E-state index contributed by atoms with van der Waals surface area (Å²) in [7, 11) is 0. The number of aryl methyl sites for hydroxylation is 1. The molecule has 3 heterocycles. The van der Waals surface area contributed by atoms with E-state index < -0.39 is 0 Å². The smallest absolute Gasteiger partial charge is 0.196 e. The predicted molar refractivity (Wildman–Crippen MR) is 95.1 cm³/mol. The molecule has 0 saturated carbocycles. The summed E-state index contributed by atoms with van der Waals surface area (Å²) in [5.41, 5.74) is 6.83. The van der Waals surface area contributed by atoms with Gasteiger partial charge in [0.15, 0.2) is 11.5 Å². The molecule has 0 unspecified atom stereocenters. The molecule has 0 radical (unpaired) electrons. The van der Waals surface area contributed by atoms with Crippen molar-refractivity contribution in [2.24, 2.45) is 0 Å². The van der Waals surface area contributed by atoms with Crippen molar-refractivity contribution in [1.29, 1.82) is 0 Å². The lowest BCUT2D eigenvalue weighted by atomic mass is 9.96. The first-order chi connectivity index (χ1) is 11.9. The molecule has 4 rings (SSSR count). The van der Waals surface area contributed by atoms with E-state index >= 15 is 0 Å². The van der Waals surface area contributed by atoms with Crippen LogP contribution in [0.1, 0.15) is 32.3 Å². The molecule has 1 aliphatic rings. The molecule has 0 aliphatic carbocycles. The fourth-order valence-corrected chi connectivity index (χ4v) is 2.74. The summed E-state index contributed by atoms with van der Waals surface area (Å²) in [5.74, 6) is 2.21. The molecule has 25 heavy (non-hydrogen) atoms. The summed E-state index contributed by atoms with van der Waals surface area (Å²) in [5, 5.41) is 0. The van der Waals surface area contributed by atoms with Crippen molar-refractivity contribution in [2.75, 3.05) is 0 Å². The van der Waals surface area contributed by atoms with E-state index in [1.807, 2.05) is 43.3 Å². The van der Waals surface area contributed by atoms with Gasteiger partial charge in [-0.2, -0.15) is 0 Å². The van der Waals surface area contributed by atoms with Gasteiger partial charge in [-0.05, 0) is 37.3 Å². The van der Waals surface area contributed by atoms with Gasteiger partial charge in [-0.25, -0.2) is 4.98 Å². The topological polar surface area (TPSA) is 72.1 Å². The Morgan fingerprint density at radius 3 is 2.52 bits per heavy atom. The number of benzene rings is 1. The molecule has 2 N–H and O–H groups in total. The molecule has 128 valence electrons. The van der Waals surface area contributed by atoms with E-state index in [-0.39, 0.29) is 5.41 Å². The van der Waals surface area contributed by atoms with Crippen LogP contribution < -0.4 is 15.3 Å². The van der Waals surface area contributed by atoms with E-state index in [0.717, 1.165) is 34.2 Å². The van der Waals surface area contributed by atoms with Crippen LogP contribution in [-0.2, 0) is 5.41 Å². The van der Waals surface area contributed by atoms with Crippen molar-refractivity contribution >= 4 is 0 Å². The molecule has 2 aromatic heterocycles. The number of nitrogens with one attached hydrogen (secondary N) is 2. The average Bonchev–Trinajstić information content (AvgIpc) is 3.20. The van der Waals surface area contributed by atoms with Gasteiger partial charge in [0.1, 0.15) is 5.82 Å². The fourth-order valence-electron chi connectivity index (χ4n) is 2.74. The zero-order valence-corrected chi connectivity index (χ0v) is 14.7. The molecule has 0 bridgehead atoms. The molecule has 0 amide bonds. The number of rotatable bonds is 2. The van der Waals surface area contributed by atoms with E-state index in [2.05, 4.69) is 36.4 Å². The molecular formula is C19H20N4O2. The quantitative estimate of drug-likeness (QED) is 0.742. The first-order valence-electron chi connectivity index (χ1n) is 8.19. The second kappa shape index (κ2) is 5.60. The van der Waals surface area contributed by atoms with E-state index in [9.17, 15) is 0 Å². The maximum absolute atomic E-state index is 5.27. The highest BCUT2D eigenvalue weighted by Gasteiger charge is 2.24. The van der Waals surface area contributed by atoms with Crippen LogP contribution in [0.5, 0.6) is 11.5 Å². The zero-order chi connectivity index (χ0) is 17.6. The Morgan fingerprint density at radius 1 is 0.960 bits per heavy atom. The van der Waals surface area contributed by atoms with Crippen LogP contribution in [-0.4, -0.2) is 15.0 Å². The third-order valence-corrected chi connectivity index (χ3v) is 4.08. The van der Waals surface area contributed by atoms with Crippen LogP contribution in [0.3, 0.4) is 0 Å². The monoisotopic (exact) mass is 336 g/mol. The van der Waals surface area contributed by atoms with Gasteiger partial charge in [-0.3, -0.25) is 4.98 Å². The van der Waals surface area contributed by atoms with E-state index in [1.165, 1.54) is 0 Å².